The summed E-state index contributed by atoms with van der Waals surface area (Å²) >= 11 is 0. The molecule has 0 radical (unpaired) electrons. The molecule has 1 aliphatic heterocycles. The van der Waals surface area contributed by atoms with E-state index in [9.17, 15) is 13.2 Å². The van der Waals surface area contributed by atoms with Crippen molar-refractivity contribution in [1.82, 2.24) is 14.5 Å². The third-order valence-electron chi connectivity index (χ3n) is 3.13. The molecule has 6 nitrogen and oxygen atoms in total. The molecular formula is C11H23N3O3S. The van der Waals surface area contributed by atoms with Gasteiger partial charge in [0.1, 0.15) is 0 Å². The fourth-order valence-corrected chi connectivity index (χ4v) is 3.33. The molecule has 0 aromatic rings. The molecule has 0 aliphatic carbocycles. The van der Waals surface area contributed by atoms with E-state index in [0.29, 0.717) is 6.54 Å². The molecule has 0 aromatic heterocycles. The van der Waals surface area contributed by atoms with Gasteiger partial charge in [-0.1, -0.05) is 0 Å². The summed E-state index contributed by atoms with van der Waals surface area (Å²) in [6, 6.07) is 0. The molecule has 1 amide bonds. The molecule has 106 valence electrons. The van der Waals surface area contributed by atoms with E-state index in [1.165, 1.54) is 13.8 Å². The van der Waals surface area contributed by atoms with Gasteiger partial charge in [0.15, 0.2) is 4.75 Å². The zero-order chi connectivity index (χ0) is 14.0. The first-order valence-electron chi connectivity index (χ1n) is 6.13. The molecule has 7 heteroatoms. The van der Waals surface area contributed by atoms with Crippen molar-refractivity contribution in [3.05, 3.63) is 0 Å². The molecule has 1 fully saturated rings. The lowest BCUT2D eigenvalue weighted by molar-refractivity contribution is -0.132. The van der Waals surface area contributed by atoms with Crippen LogP contribution in [0.1, 0.15) is 20.3 Å². The van der Waals surface area contributed by atoms with Gasteiger partial charge in [0.25, 0.3) is 15.9 Å². The molecule has 1 saturated heterocycles. The van der Waals surface area contributed by atoms with Gasteiger partial charge in [0.05, 0.1) is 0 Å². The number of rotatable bonds is 7. The van der Waals surface area contributed by atoms with Gasteiger partial charge in [-0.05, 0) is 47.5 Å². The second-order valence-corrected chi connectivity index (χ2v) is 7.71. The Labute approximate surface area is 109 Å². The fourth-order valence-electron chi connectivity index (χ4n) is 1.80. The molecule has 1 heterocycles. The highest BCUT2D eigenvalue weighted by Gasteiger charge is 2.59. The monoisotopic (exact) mass is 277 g/mol. The Kier molecular flexibility index (Phi) is 4.74. The van der Waals surface area contributed by atoms with Crippen molar-refractivity contribution in [3.63, 3.8) is 0 Å². The van der Waals surface area contributed by atoms with Gasteiger partial charge >= 0.3 is 0 Å². The van der Waals surface area contributed by atoms with E-state index in [4.69, 9.17) is 0 Å². The maximum atomic E-state index is 11.8. The maximum Gasteiger partial charge on any atom is 0.258 e. The Morgan fingerprint density at radius 3 is 2.39 bits per heavy atom. The molecule has 0 spiro atoms. The van der Waals surface area contributed by atoms with Crippen molar-refractivity contribution < 1.29 is 13.2 Å². The molecule has 0 saturated carbocycles. The molecule has 1 aliphatic rings. The van der Waals surface area contributed by atoms with Gasteiger partial charge in [-0.2, -0.15) is 0 Å². The van der Waals surface area contributed by atoms with E-state index < -0.39 is 14.8 Å². The SMILES string of the molecule is CN(C)CCCNCCN1C(=O)C(C)(C)S1(=O)=O. The Morgan fingerprint density at radius 1 is 1.28 bits per heavy atom. The molecule has 0 unspecified atom stereocenters. The van der Waals surface area contributed by atoms with Crippen molar-refractivity contribution in [2.75, 3.05) is 40.3 Å². The van der Waals surface area contributed by atoms with E-state index in [-0.39, 0.29) is 12.5 Å². The van der Waals surface area contributed by atoms with Crippen molar-refractivity contribution in [1.29, 1.82) is 0 Å². The second kappa shape index (κ2) is 5.54. The Morgan fingerprint density at radius 2 is 1.89 bits per heavy atom. The minimum Gasteiger partial charge on any atom is -0.315 e. The number of hydrogen-bond donors (Lipinski definition) is 1. The highest BCUT2D eigenvalue weighted by Crippen LogP contribution is 2.34. The van der Waals surface area contributed by atoms with E-state index in [1.807, 2.05) is 14.1 Å². The van der Waals surface area contributed by atoms with Gasteiger partial charge in [-0.15, -0.1) is 0 Å². The first kappa shape index (κ1) is 15.4. The number of hydrogen-bond acceptors (Lipinski definition) is 5. The molecule has 0 atom stereocenters. The molecule has 0 bridgehead atoms. The minimum atomic E-state index is -3.42. The van der Waals surface area contributed by atoms with Crippen LogP contribution in [0.3, 0.4) is 0 Å². The molecular weight excluding hydrogens is 254 g/mol. The maximum absolute atomic E-state index is 11.8. The molecule has 1 rings (SSSR count). The van der Waals surface area contributed by atoms with E-state index in [1.54, 1.807) is 0 Å². The predicted molar refractivity (Wildman–Crippen MR) is 70.8 cm³/mol. The number of carbonyl (C=O) groups excluding carboxylic acids is 1. The van der Waals surface area contributed by atoms with Crippen LogP contribution in [0.15, 0.2) is 0 Å². The topological polar surface area (TPSA) is 69.7 Å². The third-order valence-corrected chi connectivity index (χ3v) is 5.52. The van der Waals surface area contributed by atoms with Crippen LogP contribution in [0, 0.1) is 0 Å². The van der Waals surface area contributed by atoms with E-state index in [0.717, 1.165) is 23.8 Å². The van der Waals surface area contributed by atoms with Gasteiger partial charge < -0.3 is 10.2 Å². The summed E-state index contributed by atoms with van der Waals surface area (Å²) in [4.78, 5) is 13.7. The third kappa shape index (κ3) is 2.84. The quantitative estimate of drug-likeness (QED) is 0.634. The lowest BCUT2D eigenvalue weighted by Gasteiger charge is -2.43. The minimum absolute atomic E-state index is 0.229. The van der Waals surface area contributed by atoms with Gasteiger partial charge in [-0.25, -0.2) is 12.7 Å². The highest BCUT2D eigenvalue weighted by molar-refractivity contribution is 7.94. The van der Waals surface area contributed by atoms with Crippen LogP contribution < -0.4 is 5.32 Å². The van der Waals surface area contributed by atoms with Crippen molar-refractivity contribution in [3.8, 4) is 0 Å². The largest absolute Gasteiger partial charge is 0.315 e. The Balaban J connectivity index is 2.24. The van der Waals surface area contributed by atoms with Crippen LogP contribution in [-0.4, -0.2) is 68.6 Å². The number of sulfonamides is 1. The first-order chi connectivity index (χ1) is 8.21. The van der Waals surface area contributed by atoms with Gasteiger partial charge in [0.2, 0.25) is 0 Å². The van der Waals surface area contributed by atoms with Crippen molar-refractivity contribution in [2.24, 2.45) is 0 Å². The number of carbonyl (C=O) groups is 1. The fraction of sp³-hybridized carbons (Fsp3) is 0.909. The number of amides is 1. The highest BCUT2D eigenvalue weighted by atomic mass is 32.2. The van der Waals surface area contributed by atoms with Crippen molar-refractivity contribution in [2.45, 2.75) is 25.0 Å². The second-order valence-electron chi connectivity index (χ2n) is 5.30. The summed E-state index contributed by atoms with van der Waals surface area (Å²) < 4.78 is 23.2. The summed E-state index contributed by atoms with van der Waals surface area (Å²) in [6.45, 7) is 5.45. The normalized spacial score (nSPS) is 21.2. The van der Waals surface area contributed by atoms with Crippen LogP contribution >= 0.6 is 0 Å². The Bertz CT molecular complexity index is 404. The molecule has 1 N–H and O–H groups in total. The average Bonchev–Trinajstić information content (AvgIpc) is 2.26. The number of nitrogens with one attached hydrogen (secondary N) is 1. The first-order valence-corrected chi connectivity index (χ1v) is 7.57. The zero-order valence-electron chi connectivity index (χ0n) is 11.6. The molecule has 0 aromatic carbocycles. The zero-order valence-corrected chi connectivity index (χ0v) is 12.4. The lowest BCUT2D eigenvalue weighted by atomic mass is 10.2. The van der Waals surface area contributed by atoms with E-state index >= 15 is 0 Å². The van der Waals surface area contributed by atoms with Crippen LogP contribution in [0.25, 0.3) is 0 Å². The number of nitrogens with zero attached hydrogens (tertiary/aromatic N) is 2. The van der Waals surface area contributed by atoms with Gasteiger partial charge in [-0.3, -0.25) is 4.79 Å². The predicted octanol–water partition coefficient (Wildman–Crippen LogP) is -0.522. The molecule has 18 heavy (non-hydrogen) atoms. The van der Waals surface area contributed by atoms with Crippen LogP contribution in [0.2, 0.25) is 0 Å². The standard InChI is InChI=1S/C11H23N3O3S/c1-11(2)10(15)14(18(11,16)17)9-7-12-6-5-8-13(3)4/h12H,5-9H2,1-4H3. The Hall–Kier alpha value is -0.660. The summed E-state index contributed by atoms with van der Waals surface area (Å²) in [5.74, 6) is -0.308. The van der Waals surface area contributed by atoms with Crippen molar-refractivity contribution >= 4 is 15.9 Å². The van der Waals surface area contributed by atoms with Crippen LogP contribution in [0.4, 0.5) is 0 Å². The van der Waals surface area contributed by atoms with Crippen LogP contribution in [-0.2, 0) is 14.8 Å². The summed E-state index contributed by atoms with van der Waals surface area (Å²) in [6.07, 6.45) is 0.999. The summed E-state index contributed by atoms with van der Waals surface area (Å²) in [7, 11) is 0.594. The summed E-state index contributed by atoms with van der Waals surface area (Å²) in [5.41, 5.74) is 0. The lowest BCUT2D eigenvalue weighted by Crippen LogP contribution is -2.68. The smallest absolute Gasteiger partial charge is 0.258 e. The van der Waals surface area contributed by atoms with Crippen LogP contribution in [0.5, 0.6) is 0 Å². The average molecular weight is 277 g/mol. The van der Waals surface area contributed by atoms with E-state index in [2.05, 4.69) is 10.2 Å². The summed E-state index contributed by atoms with van der Waals surface area (Å²) in [5, 5.41) is 3.14. The van der Waals surface area contributed by atoms with Gasteiger partial charge in [0, 0.05) is 13.1 Å².